The van der Waals surface area contributed by atoms with Crippen molar-refractivity contribution in [2.45, 2.75) is 38.1 Å². The minimum atomic E-state index is 0.747. The van der Waals surface area contributed by atoms with Gasteiger partial charge < -0.3 is 9.80 Å². The SMILES string of the molecule is N#Cc1cccc2c(CC3CCN(C4CCN(c5ccccc5)CC4)CC3)cccc12. The monoisotopic (exact) mass is 409 g/mol. The van der Waals surface area contributed by atoms with Crippen molar-refractivity contribution >= 4 is 16.5 Å². The highest BCUT2D eigenvalue weighted by Gasteiger charge is 2.28. The lowest BCUT2D eigenvalue weighted by Gasteiger charge is -2.42. The van der Waals surface area contributed by atoms with Crippen LogP contribution in [0.5, 0.6) is 0 Å². The number of hydrogen-bond donors (Lipinski definition) is 0. The Labute approximate surface area is 185 Å². The number of nitrogens with zero attached hydrogens (tertiary/aromatic N) is 3. The number of rotatable bonds is 4. The van der Waals surface area contributed by atoms with E-state index >= 15 is 0 Å². The van der Waals surface area contributed by atoms with Gasteiger partial charge in [0, 0.05) is 24.8 Å². The van der Waals surface area contributed by atoms with Gasteiger partial charge in [-0.15, -0.1) is 0 Å². The number of para-hydroxylation sites is 1. The van der Waals surface area contributed by atoms with Gasteiger partial charge in [-0.1, -0.05) is 48.5 Å². The molecule has 2 aliphatic heterocycles. The predicted octanol–water partition coefficient (Wildman–Crippen LogP) is 5.63. The van der Waals surface area contributed by atoms with Crippen LogP contribution in [-0.2, 0) is 6.42 Å². The smallest absolute Gasteiger partial charge is 0.0998 e. The van der Waals surface area contributed by atoms with E-state index in [1.54, 1.807) is 0 Å². The lowest BCUT2D eigenvalue weighted by molar-refractivity contribution is 0.115. The molecule has 0 saturated carbocycles. The van der Waals surface area contributed by atoms with Gasteiger partial charge in [-0.3, -0.25) is 0 Å². The Balaban J connectivity index is 1.17. The Morgan fingerprint density at radius 1 is 0.742 bits per heavy atom. The van der Waals surface area contributed by atoms with Gasteiger partial charge in [0.15, 0.2) is 0 Å². The molecule has 3 heteroatoms. The quantitative estimate of drug-likeness (QED) is 0.559. The molecule has 3 aromatic carbocycles. The Morgan fingerprint density at radius 3 is 2.19 bits per heavy atom. The fourth-order valence-electron chi connectivity index (χ4n) is 5.61. The maximum Gasteiger partial charge on any atom is 0.0998 e. The van der Waals surface area contributed by atoms with Crippen LogP contribution in [0.4, 0.5) is 5.69 Å². The summed E-state index contributed by atoms with van der Waals surface area (Å²) in [7, 11) is 0. The highest BCUT2D eigenvalue weighted by molar-refractivity contribution is 5.90. The van der Waals surface area contributed by atoms with Crippen LogP contribution in [0.2, 0.25) is 0 Å². The van der Waals surface area contributed by atoms with Crippen molar-refractivity contribution in [2.24, 2.45) is 5.92 Å². The Hall–Kier alpha value is -2.83. The van der Waals surface area contributed by atoms with E-state index < -0.39 is 0 Å². The molecule has 5 rings (SSSR count). The lowest BCUT2D eigenvalue weighted by Crippen LogP contribution is -2.48. The van der Waals surface area contributed by atoms with Gasteiger partial charge >= 0.3 is 0 Å². The molecular weight excluding hydrogens is 378 g/mol. The Kier molecular flexibility index (Phi) is 5.91. The topological polar surface area (TPSA) is 30.3 Å². The summed E-state index contributed by atoms with van der Waals surface area (Å²) in [5.74, 6) is 0.747. The molecule has 3 nitrogen and oxygen atoms in total. The van der Waals surface area contributed by atoms with Crippen molar-refractivity contribution in [3.63, 3.8) is 0 Å². The van der Waals surface area contributed by atoms with Gasteiger partial charge in [0.25, 0.3) is 0 Å². The van der Waals surface area contributed by atoms with Gasteiger partial charge in [-0.2, -0.15) is 5.26 Å². The molecule has 3 aromatic rings. The van der Waals surface area contributed by atoms with Crippen molar-refractivity contribution in [2.75, 3.05) is 31.1 Å². The standard InChI is InChI=1S/C28H31N3/c29-21-24-7-5-10-27-23(6-4-11-28(24)27)20-22-12-16-30(17-13-22)26-14-18-31(19-15-26)25-8-2-1-3-9-25/h1-11,22,26H,12-20H2. The van der Waals surface area contributed by atoms with Crippen molar-refractivity contribution in [3.05, 3.63) is 77.9 Å². The summed E-state index contributed by atoms with van der Waals surface area (Å²) in [6, 6.07) is 26.5. The molecule has 31 heavy (non-hydrogen) atoms. The molecule has 158 valence electrons. The molecule has 0 N–H and O–H groups in total. The van der Waals surface area contributed by atoms with Gasteiger partial charge in [0.1, 0.15) is 0 Å². The molecule has 0 bridgehead atoms. The first kappa shape index (κ1) is 20.1. The first-order valence-electron chi connectivity index (χ1n) is 11.8. The third-order valence-electron chi connectivity index (χ3n) is 7.39. The normalized spacial score (nSPS) is 18.9. The number of benzene rings is 3. The number of anilines is 1. The molecule has 0 amide bonds. The molecule has 0 aromatic heterocycles. The third kappa shape index (κ3) is 4.31. The Morgan fingerprint density at radius 2 is 1.45 bits per heavy atom. The Bertz CT molecular complexity index is 1050. The van der Waals surface area contributed by atoms with Crippen molar-refractivity contribution in [1.29, 1.82) is 5.26 Å². The molecule has 2 aliphatic rings. The summed E-state index contributed by atoms with van der Waals surface area (Å²) in [5.41, 5.74) is 3.56. The summed E-state index contributed by atoms with van der Waals surface area (Å²) < 4.78 is 0. The molecule has 0 radical (unpaired) electrons. The first-order valence-corrected chi connectivity index (χ1v) is 11.8. The van der Waals surface area contributed by atoms with E-state index in [2.05, 4.69) is 70.5 Å². The van der Waals surface area contributed by atoms with Crippen molar-refractivity contribution in [1.82, 2.24) is 4.90 Å². The summed E-state index contributed by atoms with van der Waals surface area (Å²) in [5, 5.41) is 11.8. The number of nitriles is 1. The average molecular weight is 410 g/mol. The van der Waals surface area contributed by atoms with E-state index in [-0.39, 0.29) is 0 Å². The van der Waals surface area contributed by atoms with Gasteiger partial charge in [-0.25, -0.2) is 0 Å². The molecule has 2 saturated heterocycles. The maximum absolute atomic E-state index is 9.42. The largest absolute Gasteiger partial charge is 0.371 e. The predicted molar refractivity (Wildman–Crippen MR) is 128 cm³/mol. The molecule has 2 fully saturated rings. The van der Waals surface area contributed by atoms with Crippen LogP contribution in [0.25, 0.3) is 10.8 Å². The first-order chi connectivity index (χ1) is 15.3. The van der Waals surface area contributed by atoms with E-state index in [9.17, 15) is 5.26 Å². The number of hydrogen-bond acceptors (Lipinski definition) is 3. The minimum Gasteiger partial charge on any atom is -0.371 e. The zero-order valence-corrected chi connectivity index (χ0v) is 18.2. The van der Waals surface area contributed by atoms with E-state index in [1.165, 1.54) is 68.5 Å². The average Bonchev–Trinajstić information content (AvgIpc) is 2.85. The van der Waals surface area contributed by atoms with Crippen molar-refractivity contribution < 1.29 is 0 Å². The summed E-state index contributed by atoms with van der Waals surface area (Å²) in [6.07, 6.45) is 6.26. The minimum absolute atomic E-state index is 0.747. The van der Waals surface area contributed by atoms with Crippen LogP contribution in [0, 0.1) is 17.2 Å². The van der Waals surface area contributed by atoms with Crippen LogP contribution >= 0.6 is 0 Å². The van der Waals surface area contributed by atoms with Crippen LogP contribution in [0.1, 0.15) is 36.8 Å². The molecule has 0 atom stereocenters. The zero-order chi connectivity index (χ0) is 21.0. The highest BCUT2D eigenvalue weighted by atomic mass is 15.2. The third-order valence-corrected chi connectivity index (χ3v) is 7.39. The van der Waals surface area contributed by atoms with E-state index in [1.807, 2.05) is 12.1 Å². The number of fused-ring (bicyclic) bond motifs is 1. The maximum atomic E-state index is 9.42. The summed E-state index contributed by atoms with van der Waals surface area (Å²) in [4.78, 5) is 5.30. The van der Waals surface area contributed by atoms with Crippen LogP contribution in [0.3, 0.4) is 0 Å². The molecule has 0 unspecified atom stereocenters. The fourth-order valence-corrected chi connectivity index (χ4v) is 5.61. The van der Waals surface area contributed by atoms with E-state index in [4.69, 9.17) is 0 Å². The van der Waals surface area contributed by atoms with E-state index in [0.717, 1.165) is 29.3 Å². The summed E-state index contributed by atoms with van der Waals surface area (Å²) >= 11 is 0. The second kappa shape index (κ2) is 9.12. The lowest BCUT2D eigenvalue weighted by atomic mass is 9.86. The highest BCUT2D eigenvalue weighted by Crippen LogP contribution is 2.30. The molecular formula is C28H31N3. The number of likely N-dealkylation sites (tertiary alicyclic amines) is 1. The fraction of sp³-hybridized carbons (Fsp3) is 0.393. The van der Waals surface area contributed by atoms with Gasteiger partial charge in [0.2, 0.25) is 0 Å². The molecule has 2 heterocycles. The van der Waals surface area contributed by atoms with Gasteiger partial charge in [-0.05, 0) is 85.6 Å². The van der Waals surface area contributed by atoms with Crippen LogP contribution in [-0.4, -0.2) is 37.1 Å². The summed E-state index contributed by atoms with van der Waals surface area (Å²) in [6.45, 7) is 4.81. The van der Waals surface area contributed by atoms with Crippen LogP contribution in [0.15, 0.2) is 66.7 Å². The number of piperidine rings is 2. The van der Waals surface area contributed by atoms with Crippen molar-refractivity contribution in [3.8, 4) is 6.07 Å². The van der Waals surface area contributed by atoms with Crippen LogP contribution < -0.4 is 4.90 Å². The van der Waals surface area contributed by atoms with E-state index in [0.29, 0.717) is 0 Å². The molecule has 0 spiro atoms. The second-order valence-corrected chi connectivity index (χ2v) is 9.17. The molecule has 0 aliphatic carbocycles. The zero-order valence-electron chi connectivity index (χ0n) is 18.2. The second-order valence-electron chi connectivity index (χ2n) is 9.17. The van der Waals surface area contributed by atoms with Gasteiger partial charge in [0.05, 0.1) is 11.6 Å².